The third kappa shape index (κ3) is 1.78. The Kier molecular flexibility index (Phi) is 2.55. The molecule has 0 spiro atoms. The van der Waals surface area contributed by atoms with E-state index in [0.717, 1.165) is 27.8 Å². The Morgan fingerprint density at radius 2 is 2.05 bits per heavy atom. The first kappa shape index (κ1) is 11.8. The SMILES string of the molecule is CC(C)N(C)c1ncnc2[nH]c3ccc(O)cc3c12. The number of aromatic hydroxyl groups is 1. The minimum Gasteiger partial charge on any atom is -0.508 e. The highest BCUT2D eigenvalue weighted by Crippen LogP contribution is 2.32. The molecular formula is C14H16N4O. The fraction of sp³-hybridized carbons (Fsp3) is 0.286. The number of nitrogens with zero attached hydrogens (tertiary/aromatic N) is 3. The Morgan fingerprint density at radius 1 is 1.26 bits per heavy atom. The molecule has 5 nitrogen and oxygen atoms in total. The second-order valence-electron chi connectivity index (χ2n) is 4.98. The molecule has 0 aliphatic heterocycles. The normalized spacial score (nSPS) is 11.6. The molecule has 0 saturated heterocycles. The maximum atomic E-state index is 9.68. The van der Waals surface area contributed by atoms with E-state index in [1.807, 2.05) is 13.1 Å². The minimum absolute atomic E-state index is 0.246. The zero-order valence-electron chi connectivity index (χ0n) is 11.2. The maximum absolute atomic E-state index is 9.68. The minimum atomic E-state index is 0.246. The van der Waals surface area contributed by atoms with E-state index in [1.165, 1.54) is 0 Å². The van der Waals surface area contributed by atoms with Crippen molar-refractivity contribution in [2.45, 2.75) is 19.9 Å². The summed E-state index contributed by atoms with van der Waals surface area (Å²) in [6.45, 7) is 4.22. The van der Waals surface area contributed by atoms with Crippen molar-refractivity contribution in [1.82, 2.24) is 15.0 Å². The fourth-order valence-corrected chi connectivity index (χ4v) is 2.21. The molecule has 19 heavy (non-hydrogen) atoms. The van der Waals surface area contributed by atoms with Crippen molar-refractivity contribution in [1.29, 1.82) is 0 Å². The van der Waals surface area contributed by atoms with Crippen LogP contribution in [0.25, 0.3) is 21.9 Å². The van der Waals surface area contributed by atoms with Crippen LogP contribution in [0.1, 0.15) is 13.8 Å². The standard InChI is InChI=1S/C14H16N4O/c1-8(2)18(3)14-12-10-6-9(19)4-5-11(10)17-13(12)15-7-16-14/h4-8,19H,1-3H3,(H,15,16,17). The zero-order valence-corrected chi connectivity index (χ0v) is 11.2. The number of rotatable bonds is 2. The molecule has 0 unspecified atom stereocenters. The number of anilines is 1. The van der Waals surface area contributed by atoms with Gasteiger partial charge in [0.1, 0.15) is 23.5 Å². The van der Waals surface area contributed by atoms with E-state index < -0.39 is 0 Å². The summed E-state index contributed by atoms with van der Waals surface area (Å²) in [5.74, 6) is 1.12. The molecule has 0 fully saturated rings. The number of nitrogens with one attached hydrogen (secondary N) is 1. The number of phenolic OH excluding ortho intramolecular Hbond substituents is 1. The van der Waals surface area contributed by atoms with E-state index in [2.05, 4.69) is 33.7 Å². The third-order valence-corrected chi connectivity index (χ3v) is 3.46. The van der Waals surface area contributed by atoms with Gasteiger partial charge < -0.3 is 15.0 Å². The van der Waals surface area contributed by atoms with Crippen LogP contribution in [0.15, 0.2) is 24.5 Å². The molecule has 2 N–H and O–H groups in total. The van der Waals surface area contributed by atoms with Gasteiger partial charge in [0, 0.05) is 24.0 Å². The quantitative estimate of drug-likeness (QED) is 0.739. The molecule has 3 rings (SSSR count). The van der Waals surface area contributed by atoms with Crippen molar-refractivity contribution in [2.24, 2.45) is 0 Å². The van der Waals surface area contributed by atoms with E-state index in [4.69, 9.17) is 0 Å². The van der Waals surface area contributed by atoms with Crippen LogP contribution in [0.5, 0.6) is 5.75 Å². The van der Waals surface area contributed by atoms with Gasteiger partial charge in [-0.3, -0.25) is 0 Å². The van der Waals surface area contributed by atoms with E-state index in [9.17, 15) is 5.11 Å². The summed E-state index contributed by atoms with van der Waals surface area (Å²) in [4.78, 5) is 14.0. The summed E-state index contributed by atoms with van der Waals surface area (Å²) in [6, 6.07) is 5.60. The monoisotopic (exact) mass is 256 g/mol. The fourth-order valence-electron chi connectivity index (χ4n) is 2.21. The number of hydrogen-bond acceptors (Lipinski definition) is 4. The number of hydrogen-bond donors (Lipinski definition) is 2. The molecular weight excluding hydrogens is 240 g/mol. The van der Waals surface area contributed by atoms with Crippen LogP contribution in [0.2, 0.25) is 0 Å². The van der Waals surface area contributed by atoms with Crippen molar-refractivity contribution >= 4 is 27.8 Å². The van der Waals surface area contributed by atoms with Gasteiger partial charge in [0.25, 0.3) is 0 Å². The topological polar surface area (TPSA) is 65.0 Å². The number of aromatic nitrogens is 3. The predicted octanol–water partition coefficient (Wildman–Crippen LogP) is 2.66. The lowest BCUT2D eigenvalue weighted by Gasteiger charge is -2.23. The van der Waals surface area contributed by atoms with Gasteiger partial charge >= 0.3 is 0 Å². The van der Waals surface area contributed by atoms with E-state index in [1.54, 1.807) is 18.5 Å². The molecule has 0 radical (unpaired) electrons. The summed E-state index contributed by atoms with van der Waals surface area (Å²) < 4.78 is 0. The first-order chi connectivity index (χ1) is 9.08. The molecule has 0 aliphatic carbocycles. The number of aromatic amines is 1. The van der Waals surface area contributed by atoms with Gasteiger partial charge in [-0.05, 0) is 32.0 Å². The Bertz CT molecular complexity index is 748. The molecule has 0 atom stereocenters. The van der Waals surface area contributed by atoms with Crippen LogP contribution in [-0.2, 0) is 0 Å². The first-order valence-electron chi connectivity index (χ1n) is 6.26. The van der Waals surface area contributed by atoms with E-state index in [0.29, 0.717) is 6.04 Å². The first-order valence-corrected chi connectivity index (χ1v) is 6.26. The largest absolute Gasteiger partial charge is 0.508 e. The highest BCUT2D eigenvalue weighted by atomic mass is 16.3. The Labute approximate surface area is 110 Å². The van der Waals surface area contributed by atoms with Crippen molar-refractivity contribution < 1.29 is 5.11 Å². The van der Waals surface area contributed by atoms with Crippen molar-refractivity contribution in [3.8, 4) is 5.75 Å². The van der Waals surface area contributed by atoms with Crippen molar-refractivity contribution in [3.05, 3.63) is 24.5 Å². The summed E-state index contributed by atoms with van der Waals surface area (Å²) in [5.41, 5.74) is 1.74. The number of H-pyrrole nitrogens is 1. The Morgan fingerprint density at radius 3 is 2.79 bits per heavy atom. The van der Waals surface area contributed by atoms with Crippen LogP contribution in [0, 0.1) is 0 Å². The van der Waals surface area contributed by atoms with Gasteiger partial charge in [-0.2, -0.15) is 0 Å². The van der Waals surface area contributed by atoms with E-state index >= 15 is 0 Å². The lowest BCUT2D eigenvalue weighted by Crippen LogP contribution is -2.26. The average molecular weight is 256 g/mol. The molecule has 3 aromatic rings. The lowest BCUT2D eigenvalue weighted by atomic mass is 10.2. The third-order valence-electron chi connectivity index (χ3n) is 3.46. The van der Waals surface area contributed by atoms with E-state index in [-0.39, 0.29) is 5.75 Å². The average Bonchev–Trinajstić information content (AvgIpc) is 2.75. The molecule has 2 aromatic heterocycles. The molecule has 98 valence electrons. The van der Waals surface area contributed by atoms with Crippen molar-refractivity contribution in [3.63, 3.8) is 0 Å². The molecule has 5 heteroatoms. The second-order valence-corrected chi connectivity index (χ2v) is 4.98. The highest BCUT2D eigenvalue weighted by Gasteiger charge is 2.16. The van der Waals surface area contributed by atoms with Gasteiger partial charge in [-0.1, -0.05) is 0 Å². The summed E-state index contributed by atoms with van der Waals surface area (Å²) in [5, 5.41) is 11.6. The summed E-state index contributed by atoms with van der Waals surface area (Å²) in [6.07, 6.45) is 1.56. The smallest absolute Gasteiger partial charge is 0.143 e. The van der Waals surface area contributed by atoms with Crippen LogP contribution >= 0.6 is 0 Å². The Balaban J connectivity index is 2.39. The lowest BCUT2D eigenvalue weighted by molar-refractivity contribution is 0.476. The number of phenols is 1. The maximum Gasteiger partial charge on any atom is 0.143 e. The summed E-state index contributed by atoms with van der Waals surface area (Å²) >= 11 is 0. The van der Waals surface area contributed by atoms with Crippen LogP contribution in [0.4, 0.5) is 5.82 Å². The van der Waals surface area contributed by atoms with Crippen LogP contribution in [-0.4, -0.2) is 33.1 Å². The predicted molar refractivity (Wildman–Crippen MR) is 76.6 cm³/mol. The van der Waals surface area contributed by atoms with Crippen molar-refractivity contribution in [2.75, 3.05) is 11.9 Å². The number of fused-ring (bicyclic) bond motifs is 3. The van der Waals surface area contributed by atoms with Crippen LogP contribution < -0.4 is 4.90 Å². The summed E-state index contributed by atoms with van der Waals surface area (Å²) in [7, 11) is 2.01. The molecule has 0 amide bonds. The van der Waals surface area contributed by atoms with Gasteiger partial charge in [0.2, 0.25) is 0 Å². The van der Waals surface area contributed by atoms with Gasteiger partial charge in [0.15, 0.2) is 0 Å². The highest BCUT2D eigenvalue weighted by molar-refractivity contribution is 6.11. The Hall–Kier alpha value is -2.30. The van der Waals surface area contributed by atoms with Gasteiger partial charge in [-0.15, -0.1) is 0 Å². The number of benzene rings is 1. The van der Waals surface area contributed by atoms with Gasteiger partial charge in [-0.25, -0.2) is 9.97 Å². The zero-order chi connectivity index (χ0) is 13.6. The van der Waals surface area contributed by atoms with Gasteiger partial charge in [0.05, 0.1) is 5.39 Å². The molecule has 1 aromatic carbocycles. The molecule has 2 heterocycles. The van der Waals surface area contributed by atoms with Crippen LogP contribution in [0.3, 0.4) is 0 Å². The molecule has 0 bridgehead atoms. The molecule has 0 saturated carbocycles. The second kappa shape index (κ2) is 4.12. The molecule has 0 aliphatic rings.